The molecule has 0 aromatic carbocycles. The molecule has 0 amide bonds. The average molecular weight is 298 g/mol. The van der Waals surface area contributed by atoms with Crippen molar-refractivity contribution in [1.82, 2.24) is 4.90 Å². The standard InChI is InChI=1S/C14H30N6O/c1-11(2)12(21)10-20(8-4-3-6-13(15)16)9-5-7-19-14(17)18/h11H,3-10H2,1-2H3,(H3,15,16)(H4,17,18,19). The predicted molar refractivity (Wildman–Crippen MR) is 87.3 cm³/mol. The molecular formula is C14H30N6O. The van der Waals surface area contributed by atoms with Crippen LogP contribution in [0.15, 0.2) is 4.99 Å². The van der Waals surface area contributed by atoms with Gasteiger partial charge < -0.3 is 17.2 Å². The molecule has 0 aliphatic rings. The number of nitrogens with zero attached hydrogens (tertiary/aromatic N) is 2. The normalized spacial score (nSPS) is 10.9. The lowest BCUT2D eigenvalue weighted by Crippen LogP contribution is -2.34. The first-order valence-corrected chi connectivity index (χ1v) is 7.46. The van der Waals surface area contributed by atoms with Gasteiger partial charge in [0.05, 0.1) is 12.4 Å². The van der Waals surface area contributed by atoms with Gasteiger partial charge in [-0.2, -0.15) is 0 Å². The van der Waals surface area contributed by atoms with E-state index in [9.17, 15) is 4.79 Å². The summed E-state index contributed by atoms with van der Waals surface area (Å²) in [5.74, 6) is 0.597. The number of ketones is 1. The van der Waals surface area contributed by atoms with Gasteiger partial charge in [-0.3, -0.25) is 20.1 Å². The van der Waals surface area contributed by atoms with Crippen LogP contribution in [-0.2, 0) is 4.79 Å². The van der Waals surface area contributed by atoms with Crippen molar-refractivity contribution in [2.45, 2.75) is 39.5 Å². The fourth-order valence-electron chi connectivity index (χ4n) is 1.83. The van der Waals surface area contributed by atoms with Crippen molar-refractivity contribution in [3.05, 3.63) is 0 Å². The van der Waals surface area contributed by atoms with Crippen molar-refractivity contribution in [3.8, 4) is 0 Å². The van der Waals surface area contributed by atoms with Crippen LogP contribution < -0.4 is 17.2 Å². The van der Waals surface area contributed by atoms with E-state index in [0.717, 1.165) is 32.4 Å². The Kier molecular flexibility index (Phi) is 10.2. The van der Waals surface area contributed by atoms with E-state index >= 15 is 0 Å². The summed E-state index contributed by atoms with van der Waals surface area (Å²) in [5, 5.41) is 7.20. The molecule has 0 saturated heterocycles. The highest BCUT2D eigenvalue weighted by molar-refractivity contribution is 5.82. The van der Waals surface area contributed by atoms with Gasteiger partial charge in [0.2, 0.25) is 0 Å². The molecule has 122 valence electrons. The van der Waals surface area contributed by atoms with Gasteiger partial charge >= 0.3 is 0 Å². The number of hydrogen-bond acceptors (Lipinski definition) is 4. The summed E-state index contributed by atoms with van der Waals surface area (Å²) in [4.78, 5) is 17.9. The largest absolute Gasteiger partial charge is 0.388 e. The molecule has 0 unspecified atom stereocenters. The molecule has 0 rings (SSSR count). The highest BCUT2D eigenvalue weighted by Gasteiger charge is 2.13. The number of rotatable bonds is 12. The zero-order valence-corrected chi connectivity index (χ0v) is 13.3. The number of nitrogens with one attached hydrogen (secondary N) is 1. The number of carbonyl (C=O) groups excluding carboxylic acids is 1. The molecule has 0 radical (unpaired) electrons. The summed E-state index contributed by atoms with van der Waals surface area (Å²) in [6.07, 6.45) is 3.22. The minimum absolute atomic E-state index is 0.0439. The monoisotopic (exact) mass is 298 g/mol. The van der Waals surface area contributed by atoms with Crippen molar-refractivity contribution in [1.29, 1.82) is 5.41 Å². The molecule has 0 heterocycles. The van der Waals surface area contributed by atoms with E-state index in [1.54, 1.807) is 0 Å². The van der Waals surface area contributed by atoms with Gasteiger partial charge in [-0.1, -0.05) is 13.8 Å². The second-order valence-electron chi connectivity index (χ2n) is 5.54. The molecule has 0 saturated carbocycles. The van der Waals surface area contributed by atoms with Crippen molar-refractivity contribution in [2.75, 3.05) is 26.2 Å². The first kappa shape index (κ1) is 19.4. The van der Waals surface area contributed by atoms with Crippen LogP contribution in [0.4, 0.5) is 0 Å². The van der Waals surface area contributed by atoms with Crippen LogP contribution in [0.1, 0.15) is 39.5 Å². The Bertz CT molecular complexity index is 349. The molecule has 0 aliphatic heterocycles. The molecule has 0 atom stereocenters. The average Bonchev–Trinajstić information content (AvgIpc) is 2.38. The van der Waals surface area contributed by atoms with E-state index < -0.39 is 0 Å². The van der Waals surface area contributed by atoms with E-state index in [1.807, 2.05) is 13.8 Å². The number of aliphatic imine (C=N–C) groups is 1. The molecule has 7 N–H and O–H groups in total. The van der Waals surface area contributed by atoms with E-state index in [0.29, 0.717) is 19.5 Å². The lowest BCUT2D eigenvalue weighted by molar-refractivity contribution is -0.123. The molecule has 0 aromatic rings. The molecular weight excluding hydrogens is 268 g/mol. The SMILES string of the molecule is CC(C)C(=O)CN(CCCCC(=N)N)CCCN=C(N)N. The minimum Gasteiger partial charge on any atom is -0.388 e. The first-order valence-electron chi connectivity index (χ1n) is 7.46. The number of unbranched alkanes of at least 4 members (excludes halogenated alkanes) is 1. The zero-order chi connectivity index (χ0) is 16.3. The van der Waals surface area contributed by atoms with Gasteiger partial charge in [0.15, 0.2) is 5.96 Å². The maximum absolute atomic E-state index is 11.9. The van der Waals surface area contributed by atoms with Crippen LogP contribution in [0.3, 0.4) is 0 Å². The van der Waals surface area contributed by atoms with Crippen molar-refractivity contribution < 1.29 is 4.79 Å². The number of amidine groups is 1. The third kappa shape index (κ3) is 11.9. The van der Waals surface area contributed by atoms with Crippen LogP contribution >= 0.6 is 0 Å². The van der Waals surface area contributed by atoms with E-state index in [-0.39, 0.29) is 23.5 Å². The van der Waals surface area contributed by atoms with Gasteiger partial charge in [0.25, 0.3) is 0 Å². The Hall–Kier alpha value is -1.63. The number of nitrogens with two attached hydrogens (primary N) is 3. The third-order valence-electron chi connectivity index (χ3n) is 3.12. The summed E-state index contributed by atoms with van der Waals surface area (Å²) in [5.41, 5.74) is 15.9. The van der Waals surface area contributed by atoms with Crippen molar-refractivity contribution in [3.63, 3.8) is 0 Å². The molecule has 0 aliphatic carbocycles. The summed E-state index contributed by atoms with van der Waals surface area (Å²) in [6.45, 7) is 6.47. The molecule has 21 heavy (non-hydrogen) atoms. The smallest absolute Gasteiger partial charge is 0.185 e. The fraction of sp³-hybridized carbons (Fsp3) is 0.786. The summed E-state index contributed by atoms with van der Waals surface area (Å²) >= 11 is 0. The van der Waals surface area contributed by atoms with Crippen LogP contribution in [0, 0.1) is 11.3 Å². The Labute approximate surface area is 127 Å². The molecule has 0 fully saturated rings. The quantitative estimate of drug-likeness (QED) is 0.233. The summed E-state index contributed by atoms with van der Waals surface area (Å²) in [6, 6.07) is 0. The Balaban J connectivity index is 4.17. The second kappa shape index (κ2) is 11.1. The Morgan fingerprint density at radius 1 is 1.14 bits per heavy atom. The predicted octanol–water partition coefficient (Wildman–Crippen LogP) is 0.283. The van der Waals surface area contributed by atoms with Crippen molar-refractivity contribution in [2.24, 2.45) is 28.1 Å². The molecule has 7 heteroatoms. The van der Waals surface area contributed by atoms with Gasteiger partial charge in [0, 0.05) is 25.4 Å². The van der Waals surface area contributed by atoms with E-state index in [1.165, 1.54) is 0 Å². The van der Waals surface area contributed by atoms with Gasteiger partial charge in [0.1, 0.15) is 5.78 Å². The highest BCUT2D eigenvalue weighted by Crippen LogP contribution is 2.03. The fourth-order valence-corrected chi connectivity index (χ4v) is 1.83. The van der Waals surface area contributed by atoms with Gasteiger partial charge in [-0.05, 0) is 25.8 Å². The highest BCUT2D eigenvalue weighted by atomic mass is 16.1. The molecule has 7 nitrogen and oxygen atoms in total. The zero-order valence-electron chi connectivity index (χ0n) is 13.3. The minimum atomic E-state index is 0.0439. The molecule has 0 bridgehead atoms. The van der Waals surface area contributed by atoms with Gasteiger partial charge in [-0.25, -0.2) is 0 Å². The molecule has 0 spiro atoms. The number of carbonyl (C=O) groups is 1. The summed E-state index contributed by atoms with van der Waals surface area (Å²) < 4.78 is 0. The lowest BCUT2D eigenvalue weighted by atomic mass is 10.1. The second-order valence-corrected chi connectivity index (χ2v) is 5.54. The van der Waals surface area contributed by atoms with E-state index in [4.69, 9.17) is 22.6 Å². The molecule has 0 aromatic heterocycles. The van der Waals surface area contributed by atoms with Crippen LogP contribution in [0.2, 0.25) is 0 Å². The topological polar surface area (TPSA) is 135 Å². The summed E-state index contributed by atoms with van der Waals surface area (Å²) in [7, 11) is 0. The van der Waals surface area contributed by atoms with Crippen LogP contribution in [-0.4, -0.2) is 48.7 Å². The van der Waals surface area contributed by atoms with Crippen molar-refractivity contribution >= 4 is 17.6 Å². The Morgan fingerprint density at radius 3 is 2.29 bits per heavy atom. The first-order chi connectivity index (χ1) is 9.82. The lowest BCUT2D eigenvalue weighted by Gasteiger charge is -2.22. The van der Waals surface area contributed by atoms with Crippen LogP contribution in [0.25, 0.3) is 0 Å². The third-order valence-corrected chi connectivity index (χ3v) is 3.12. The van der Waals surface area contributed by atoms with Gasteiger partial charge in [-0.15, -0.1) is 0 Å². The van der Waals surface area contributed by atoms with Crippen LogP contribution in [0.5, 0.6) is 0 Å². The number of guanidine groups is 1. The Morgan fingerprint density at radius 2 is 1.76 bits per heavy atom. The maximum atomic E-state index is 11.9. The maximum Gasteiger partial charge on any atom is 0.185 e. The number of hydrogen-bond donors (Lipinski definition) is 4. The van der Waals surface area contributed by atoms with E-state index in [2.05, 4.69) is 9.89 Å². The number of Topliss-reactive ketones (excluding diaryl/α,β-unsaturated/α-hetero) is 1.